The van der Waals surface area contributed by atoms with Gasteiger partial charge in [-0.05, 0) is 32.0 Å². The summed E-state index contributed by atoms with van der Waals surface area (Å²) in [6.07, 6.45) is -3.76. The lowest BCUT2D eigenvalue weighted by Crippen LogP contribution is -2.41. The first-order valence-electron chi connectivity index (χ1n) is 7.09. The monoisotopic (exact) mass is 302 g/mol. The van der Waals surface area contributed by atoms with Crippen molar-refractivity contribution in [2.75, 3.05) is 26.7 Å². The van der Waals surface area contributed by atoms with Gasteiger partial charge in [-0.15, -0.1) is 0 Å². The Morgan fingerprint density at radius 3 is 2.48 bits per heavy atom. The van der Waals surface area contributed by atoms with Gasteiger partial charge < -0.3 is 15.4 Å². The maximum Gasteiger partial charge on any atom is 0.391 e. The van der Waals surface area contributed by atoms with Crippen LogP contribution in [0.2, 0.25) is 0 Å². The lowest BCUT2D eigenvalue weighted by molar-refractivity contribution is -0.185. The molecule has 6 heteroatoms. The van der Waals surface area contributed by atoms with Crippen molar-refractivity contribution in [3.05, 3.63) is 29.8 Å². The average molecular weight is 302 g/mol. The molecule has 3 nitrogen and oxygen atoms in total. The Bertz CT molecular complexity index is 456. The van der Waals surface area contributed by atoms with E-state index in [1.807, 2.05) is 29.2 Å². The number of hydrogen-bond donors (Lipinski definition) is 1. The van der Waals surface area contributed by atoms with Crippen molar-refractivity contribution >= 4 is 0 Å². The smallest absolute Gasteiger partial charge is 0.391 e. The fraction of sp³-hybridized carbons (Fsp3) is 0.600. The zero-order valence-corrected chi connectivity index (χ0v) is 12.1. The van der Waals surface area contributed by atoms with Crippen LogP contribution in [-0.4, -0.2) is 37.8 Å². The van der Waals surface area contributed by atoms with Crippen LogP contribution >= 0.6 is 0 Å². The highest BCUT2D eigenvalue weighted by molar-refractivity contribution is 5.35. The Morgan fingerprint density at radius 2 is 1.90 bits per heavy atom. The second-order valence-electron chi connectivity index (χ2n) is 5.46. The van der Waals surface area contributed by atoms with Gasteiger partial charge in [0.05, 0.1) is 13.0 Å². The van der Waals surface area contributed by atoms with E-state index in [0.29, 0.717) is 19.6 Å². The highest BCUT2D eigenvalue weighted by Gasteiger charge is 2.41. The summed E-state index contributed by atoms with van der Waals surface area (Å²) in [7, 11) is 1.58. The van der Waals surface area contributed by atoms with Gasteiger partial charge in [0.25, 0.3) is 0 Å². The minimum absolute atomic E-state index is 0.155. The van der Waals surface area contributed by atoms with E-state index in [1.54, 1.807) is 7.11 Å². The molecule has 1 aliphatic rings. The van der Waals surface area contributed by atoms with E-state index in [2.05, 4.69) is 0 Å². The minimum atomic E-state index is -4.07. The van der Waals surface area contributed by atoms with Crippen LogP contribution < -0.4 is 10.5 Å². The number of para-hydroxylation sites is 1. The van der Waals surface area contributed by atoms with Crippen molar-refractivity contribution in [2.24, 2.45) is 11.7 Å². The third-order valence-corrected chi connectivity index (χ3v) is 4.04. The average Bonchev–Trinajstić information content (AvgIpc) is 2.46. The van der Waals surface area contributed by atoms with Crippen LogP contribution in [0.25, 0.3) is 0 Å². The summed E-state index contributed by atoms with van der Waals surface area (Å²) in [5.41, 5.74) is 7.07. The molecule has 0 bridgehead atoms. The quantitative estimate of drug-likeness (QED) is 0.929. The van der Waals surface area contributed by atoms with Gasteiger partial charge in [-0.2, -0.15) is 13.2 Å². The van der Waals surface area contributed by atoms with Crippen LogP contribution in [0.5, 0.6) is 5.75 Å². The van der Waals surface area contributed by atoms with E-state index in [-0.39, 0.29) is 18.9 Å². The molecule has 0 amide bonds. The Kier molecular flexibility index (Phi) is 5.11. The Balaban J connectivity index is 1.91. The fourth-order valence-corrected chi connectivity index (χ4v) is 2.79. The third-order valence-electron chi connectivity index (χ3n) is 4.04. The SMILES string of the molecule is COc1ccccc1C(N)CN1CCC(C(F)(F)F)CC1. The van der Waals surface area contributed by atoms with Crippen LogP contribution in [0.15, 0.2) is 24.3 Å². The van der Waals surface area contributed by atoms with Gasteiger partial charge in [-0.3, -0.25) is 0 Å². The minimum Gasteiger partial charge on any atom is -0.496 e. The predicted octanol–water partition coefficient (Wildman–Crippen LogP) is 2.97. The summed E-state index contributed by atoms with van der Waals surface area (Å²) in [5, 5.41) is 0. The fourth-order valence-electron chi connectivity index (χ4n) is 2.79. The highest BCUT2D eigenvalue weighted by atomic mass is 19.4. The second kappa shape index (κ2) is 6.66. The summed E-state index contributed by atoms with van der Waals surface area (Å²) in [5.74, 6) is -0.452. The molecule has 21 heavy (non-hydrogen) atoms. The molecular formula is C15H21F3N2O. The van der Waals surface area contributed by atoms with Gasteiger partial charge >= 0.3 is 6.18 Å². The number of benzene rings is 1. The Morgan fingerprint density at radius 1 is 1.29 bits per heavy atom. The van der Waals surface area contributed by atoms with E-state index in [9.17, 15) is 13.2 Å². The van der Waals surface area contributed by atoms with Crippen LogP contribution in [0.4, 0.5) is 13.2 Å². The molecule has 1 aromatic carbocycles. The van der Waals surface area contributed by atoms with Crippen LogP contribution in [-0.2, 0) is 0 Å². The summed E-state index contributed by atoms with van der Waals surface area (Å²) < 4.78 is 43.2. The summed E-state index contributed by atoms with van der Waals surface area (Å²) in [6, 6.07) is 7.22. The molecule has 1 aromatic rings. The van der Waals surface area contributed by atoms with Crippen molar-refractivity contribution < 1.29 is 17.9 Å². The molecule has 118 valence electrons. The van der Waals surface area contributed by atoms with Crippen molar-refractivity contribution in [2.45, 2.75) is 25.1 Å². The van der Waals surface area contributed by atoms with Gasteiger partial charge in [0.2, 0.25) is 0 Å². The number of hydrogen-bond acceptors (Lipinski definition) is 3. The second-order valence-corrected chi connectivity index (χ2v) is 5.46. The Hall–Kier alpha value is -1.27. The lowest BCUT2D eigenvalue weighted by atomic mass is 9.95. The molecule has 1 aliphatic heterocycles. The van der Waals surface area contributed by atoms with E-state index < -0.39 is 12.1 Å². The summed E-state index contributed by atoms with van der Waals surface area (Å²) in [6.45, 7) is 1.42. The summed E-state index contributed by atoms with van der Waals surface area (Å²) in [4.78, 5) is 2.00. The molecule has 0 saturated carbocycles. The van der Waals surface area contributed by atoms with Crippen LogP contribution in [0.3, 0.4) is 0 Å². The van der Waals surface area contributed by atoms with Gasteiger partial charge in [0.15, 0.2) is 0 Å². The van der Waals surface area contributed by atoms with Gasteiger partial charge in [-0.1, -0.05) is 18.2 Å². The molecule has 1 fully saturated rings. The van der Waals surface area contributed by atoms with Crippen LogP contribution in [0.1, 0.15) is 24.4 Å². The number of rotatable bonds is 4. The lowest BCUT2D eigenvalue weighted by Gasteiger charge is -2.34. The molecule has 0 aliphatic carbocycles. The predicted molar refractivity (Wildman–Crippen MR) is 75.1 cm³/mol. The van der Waals surface area contributed by atoms with Gasteiger partial charge in [0, 0.05) is 18.2 Å². The number of nitrogens with zero attached hydrogens (tertiary/aromatic N) is 1. The molecule has 1 heterocycles. The van der Waals surface area contributed by atoms with Gasteiger partial charge in [-0.25, -0.2) is 0 Å². The first-order chi connectivity index (χ1) is 9.91. The largest absolute Gasteiger partial charge is 0.496 e. The first-order valence-corrected chi connectivity index (χ1v) is 7.09. The molecular weight excluding hydrogens is 281 g/mol. The van der Waals surface area contributed by atoms with E-state index >= 15 is 0 Å². The molecule has 1 atom stereocenters. The third kappa shape index (κ3) is 4.11. The standard InChI is InChI=1S/C15H21F3N2O/c1-21-14-5-3-2-4-12(14)13(19)10-20-8-6-11(7-9-20)15(16,17)18/h2-5,11,13H,6-10,19H2,1H3. The number of ether oxygens (including phenoxy) is 1. The topological polar surface area (TPSA) is 38.5 Å². The molecule has 0 radical (unpaired) electrons. The van der Waals surface area contributed by atoms with E-state index in [1.165, 1.54) is 0 Å². The zero-order valence-electron chi connectivity index (χ0n) is 12.1. The van der Waals surface area contributed by atoms with Crippen LogP contribution in [0, 0.1) is 5.92 Å². The normalized spacial score (nSPS) is 19.5. The van der Waals surface area contributed by atoms with Crippen molar-refractivity contribution in [1.82, 2.24) is 4.90 Å². The number of halogens is 3. The number of alkyl halides is 3. The zero-order chi connectivity index (χ0) is 15.5. The number of nitrogens with two attached hydrogens (primary N) is 1. The number of likely N-dealkylation sites (tertiary alicyclic amines) is 1. The maximum atomic E-state index is 12.6. The molecule has 1 saturated heterocycles. The Labute approximate surface area is 122 Å². The van der Waals surface area contributed by atoms with Crippen molar-refractivity contribution in [1.29, 1.82) is 0 Å². The molecule has 0 aromatic heterocycles. The molecule has 2 rings (SSSR count). The van der Waals surface area contributed by atoms with Gasteiger partial charge in [0.1, 0.15) is 5.75 Å². The van der Waals surface area contributed by atoms with E-state index in [4.69, 9.17) is 10.5 Å². The van der Waals surface area contributed by atoms with Crippen molar-refractivity contribution in [3.63, 3.8) is 0 Å². The number of methoxy groups -OCH3 is 1. The van der Waals surface area contributed by atoms with E-state index in [0.717, 1.165) is 11.3 Å². The highest BCUT2D eigenvalue weighted by Crippen LogP contribution is 2.34. The molecule has 0 spiro atoms. The first kappa shape index (κ1) is 16.1. The molecule has 1 unspecified atom stereocenters. The maximum absolute atomic E-state index is 12.6. The number of piperidine rings is 1. The summed E-state index contributed by atoms with van der Waals surface area (Å²) >= 11 is 0. The molecule has 2 N–H and O–H groups in total. The van der Waals surface area contributed by atoms with Crippen molar-refractivity contribution in [3.8, 4) is 5.75 Å².